The normalized spacial score (nSPS) is 10.2. The number of para-hydroxylation sites is 1. The molecule has 0 bridgehead atoms. The van der Waals surface area contributed by atoms with Crippen LogP contribution >= 0.6 is 23.2 Å². The van der Waals surface area contributed by atoms with Crippen molar-refractivity contribution in [3.8, 4) is 5.75 Å². The number of carbonyl (C=O) groups excluding carboxylic acids is 2. The van der Waals surface area contributed by atoms with Gasteiger partial charge in [0.2, 0.25) is 5.91 Å². The Labute approximate surface area is 156 Å². The number of carbonyl (C=O) groups is 2. The molecule has 0 atom stereocenters. The summed E-state index contributed by atoms with van der Waals surface area (Å²) in [6, 6.07) is 14.2. The molecule has 5 nitrogen and oxygen atoms in total. The molecule has 0 aliphatic heterocycles. The highest BCUT2D eigenvalue weighted by molar-refractivity contribution is 6.35. The Morgan fingerprint density at radius 1 is 0.960 bits per heavy atom. The average molecular weight is 381 g/mol. The number of benzene rings is 2. The lowest BCUT2D eigenvalue weighted by molar-refractivity contribution is -0.127. The van der Waals surface area contributed by atoms with E-state index >= 15 is 0 Å². The molecular formula is C18H18Cl2N2O3. The van der Waals surface area contributed by atoms with E-state index in [0.717, 1.165) is 5.56 Å². The minimum atomic E-state index is -0.361. The maximum Gasteiger partial charge on any atom is 0.258 e. The Bertz CT molecular complexity index is 724. The van der Waals surface area contributed by atoms with Gasteiger partial charge in [-0.1, -0.05) is 47.5 Å². The zero-order valence-corrected chi connectivity index (χ0v) is 14.9. The Hall–Kier alpha value is -2.24. The molecule has 0 unspecified atom stereocenters. The quantitative estimate of drug-likeness (QED) is 0.739. The van der Waals surface area contributed by atoms with E-state index in [1.807, 2.05) is 24.3 Å². The van der Waals surface area contributed by atoms with Crippen molar-refractivity contribution in [2.75, 3.05) is 19.7 Å². The Balaban J connectivity index is 1.62. The fourth-order valence-corrected chi connectivity index (χ4v) is 2.52. The van der Waals surface area contributed by atoms with Gasteiger partial charge in [-0.15, -0.1) is 0 Å². The summed E-state index contributed by atoms with van der Waals surface area (Å²) in [4.78, 5) is 23.4. The molecule has 132 valence electrons. The Morgan fingerprint density at radius 3 is 2.44 bits per heavy atom. The van der Waals surface area contributed by atoms with Crippen LogP contribution in [0, 0.1) is 0 Å². The molecule has 0 saturated carbocycles. The Morgan fingerprint density at radius 2 is 1.72 bits per heavy atom. The topological polar surface area (TPSA) is 67.4 Å². The van der Waals surface area contributed by atoms with Crippen LogP contribution in [0.3, 0.4) is 0 Å². The standard InChI is InChI=1S/C18H18Cl2N2O3/c19-14-7-6-13(16(20)10-14)8-9-21-17(23)11-22-18(24)12-25-15-4-2-1-3-5-15/h1-7,10H,8-9,11-12H2,(H,21,23)(H,22,24). The van der Waals surface area contributed by atoms with E-state index in [1.165, 1.54) is 0 Å². The van der Waals surface area contributed by atoms with Crippen molar-refractivity contribution >= 4 is 35.0 Å². The molecule has 0 radical (unpaired) electrons. The summed E-state index contributed by atoms with van der Waals surface area (Å²) >= 11 is 11.9. The molecule has 0 spiro atoms. The summed E-state index contributed by atoms with van der Waals surface area (Å²) in [5.41, 5.74) is 0.895. The summed E-state index contributed by atoms with van der Waals surface area (Å²) in [5, 5.41) is 6.35. The lowest BCUT2D eigenvalue weighted by Gasteiger charge is -2.09. The van der Waals surface area contributed by atoms with Crippen LogP contribution in [0.2, 0.25) is 10.0 Å². The third kappa shape index (κ3) is 7.03. The second-order valence-electron chi connectivity index (χ2n) is 5.21. The highest BCUT2D eigenvalue weighted by Gasteiger charge is 2.07. The van der Waals surface area contributed by atoms with Crippen molar-refractivity contribution in [3.05, 3.63) is 64.1 Å². The van der Waals surface area contributed by atoms with Gasteiger partial charge < -0.3 is 15.4 Å². The number of amides is 2. The van der Waals surface area contributed by atoms with Crippen LogP contribution in [0.1, 0.15) is 5.56 Å². The van der Waals surface area contributed by atoms with Crippen molar-refractivity contribution in [1.29, 1.82) is 0 Å². The molecule has 0 fully saturated rings. The summed E-state index contributed by atoms with van der Waals surface area (Å²) in [7, 11) is 0. The predicted octanol–water partition coefficient (Wildman–Crippen LogP) is 2.85. The minimum absolute atomic E-state index is 0.106. The van der Waals surface area contributed by atoms with Gasteiger partial charge in [-0.25, -0.2) is 0 Å². The van der Waals surface area contributed by atoms with Gasteiger partial charge in [0.25, 0.3) is 5.91 Å². The second-order valence-corrected chi connectivity index (χ2v) is 6.06. The predicted molar refractivity (Wildman–Crippen MR) is 98.1 cm³/mol. The van der Waals surface area contributed by atoms with Crippen LogP contribution in [0.4, 0.5) is 0 Å². The molecule has 2 aromatic carbocycles. The fraction of sp³-hybridized carbons (Fsp3) is 0.222. The SMILES string of the molecule is O=C(CNC(=O)COc1ccccc1)NCCc1ccc(Cl)cc1Cl. The first kappa shape index (κ1) is 19.1. The lowest BCUT2D eigenvalue weighted by Crippen LogP contribution is -2.39. The molecule has 0 aliphatic rings. The molecule has 2 amide bonds. The molecule has 0 saturated heterocycles. The van der Waals surface area contributed by atoms with Crippen LogP contribution in [-0.2, 0) is 16.0 Å². The summed E-state index contributed by atoms with van der Waals surface area (Å²) < 4.78 is 5.29. The van der Waals surface area contributed by atoms with E-state index in [-0.39, 0.29) is 25.0 Å². The fourth-order valence-electron chi connectivity index (χ4n) is 2.02. The molecule has 2 aromatic rings. The molecular weight excluding hydrogens is 363 g/mol. The number of rotatable bonds is 8. The first-order chi connectivity index (χ1) is 12.0. The van der Waals surface area contributed by atoms with Crippen LogP contribution in [0.5, 0.6) is 5.75 Å². The first-order valence-electron chi connectivity index (χ1n) is 7.70. The Kier molecular flexibility index (Phi) is 7.57. The van der Waals surface area contributed by atoms with E-state index < -0.39 is 0 Å². The average Bonchev–Trinajstić information content (AvgIpc) is 2.61. The van der Waals surface area contributed by atoms with Crippen LogP contribution in [-0.4, -0.2) is 31.5 Å². The monoisotopic (exact) mass is 380 g/mol. The zero-order chi connectivity index (χ0) is 18.1. The van der Waals surface area contributed by atoms with Gasteiger partial charge in [0, 0.05) is 16.6 Å². The molecule has 0 heterocycles. The third-order valence-corrected chi connectivity index (χ3v) is 3.88. The van der Waals surface area contributed by atoms with Gasteiger partial charge >= 0.3 is 0 Å². The largest absolute Gasteiger partial charge is 0.484 e. The number of hydrogen-bond donors (Lipinski definition) is 2. The van der Waals surface area contributed by atoms with E-state index in [1.54, 1.807) is 24.3 Å². The second kappa shape index (κ2) is 9.91. The molecule has 2 rings (SSSR count). The summed E-state index contributed by atoms with van der Waals surface area (Å²) in [6.07, 6.45) is 0.576. The van der Waals surface area contributed by atoms with Crippen LogP contribution in [0.25, 0.3) is 0 Å². The first-order valence-corrected chi connectivity index (χ1v) is 8.45. The van der Waals surface area contributed by atoms with Crippen LogP contribution in [0.15, 0.2) is 48.5 Å². The van der Waals surface area contributed by atoms with E-state index in [4.69, 9.17) is 27.9 Å². The van der Waals surface area contributed by atoms with E-state index in [0.29, 0.717) is 28.8 Å². The number of hydrogen-bond acceptors (Lipinski definition) is 3. The van der Waals surface area contributed by atoms with Gasteiger partial charge in [-0.2, -0.15) is 0 Å². The number of nitrogens with one attached hydrogen (secondary N) is 2. The van der Waals surface area contributed by atoms with Crippen molar-refractivity contribution in [2.45, 2.75) is 6.42 Å². The molecule has 7 heteroatoms. The maximum absolute atomic E-state index is 11.7. The summed E-state index contributed by atoms with van der Waals surface area (Å²) in [5.74, 6) is -0.0418. The molecule has 2 N–H and O–H groups in total. The van der Waals surface area contributed by atoms with Crippen molar-refractivity contribution < 1.29 is 14.3 Å². The zero-order valence-electron chi connectivity index (χ0n) is 13.4. The van der Waals surface area contributed by atoms with Crippen molar-refractivity contribution in [3.63, 3.8) is 0 Å². The van der Waals surface area contributed by atoms with Crippen molar-refractivity contribution in [2.24, 2.45) is 0 Å². The van der Waals surface area contributed by atoms with Gasteiger partial charge in [0.15, 0.2) is 6.61 Å². The molecule has 0 aliphatic carbocycles. The summed E-state index contributed by atoms with van der Waals surface area (Å²) in [6.45, 7) is 0.166. The highest BCUT2D eigenvalue weighted by Crippen LogP contribution is 2.20. The van der Waals surface area contributed by atoms with E-state index in [9.17, 15) is 9.59 Å². The van der Waals surface area contributed by atoms with Gasteiger partial charge in [0.05, 0.1) is 6.54 Å². The minimum Gasteiger partial charge on any atom is -0.484 e. The lowest BCUT2D eigenvalue weighted by atomic mass is 10.1. The van der Waals surface area contributed by atoms with Crippen molar-refractivity contribution in [1.82, 2.24) is 10.6 Å². The van der Waals surface area contributed by atoms with Gasteiger partial charge in [-0.05, 0) is 36.2 Å². The highest BCUT2D eigenvalue weighted by atomic mass is 35.5. The molecule has 0 aromatic heterocycles. The number of halogens is 2. The van der Waals surface area contributed by atoms with Crippen LogP contribution < -0.4 is 15.4 Å². The maximum atomic E-state index is 11.7. The van der Waals surface area contributed by atoms with E-state index in [2.05, 4.69) is 10.6 Å². The number of ether oxygens (including phenoxy) is 1. The van der Waals surface area contributed by atoms with Gasteiger partial charge in [0.1, 0.15) is 5.75 Å². The van der Waals surface area contributed by atoms with Gasteiger partial charge in [-0.3, -0.25) is 9.59 Å². The third-order valence-electron chi connectivity index (χ3n) is 3.29. The molecule has 25 heavy (non-hydrogen) atoms. The smallest absolute Gasteiger partial charge is 0.258 e.